The number of hydrogen-bond acceptors (Lipinski definition) is 0. The Morgan fingerprint density at radius 3 is 0.900 bits per heavy atom. The molecule has 0 unspecified atom stereocenters. The molecule has 149 valence electrons. The summed E-state index contributed by atoms with van der Waals surface area (Å²) in [5.74, 6) is 2.65. The summed E-state index contributed by atoms with van der Waals surface area (Å²) in [6.07, 6.45) is 0. The van der Waals surface area contributed by atoms with Crippen LogP contribution >= 0.6 is 15.8 Å². The molecule has 0 fully saturated rings. The van der Waals surface area contributed by atoms with Crippen molar-refractivity contribution in [3.05, 3.63) is 121 Å². The molecule has 0 aromatic heterocycles. The minimum absolute atomic E-state index is 0.303. The second-order valence-electron chi connectivity index (χ2n) is 7.47. The fourth-order valence-electron chi connectivity index (χ4n) is 3.68. The summed E-state index contributed by atoms with van der Waals surface area (Å²) in [5.41, 5.74) is 0. The summed E-state index contributed by atoms with van der Waals surface area (Å²) in [7, 11) is -1.12. The van der Waals surface area contributed by atoms with Crippen LogP contribution in [0.3, 0.4) is 0 Å². The van der Waals surface area contributed by atoms with E-state index in [4.69, 9.17) is 0 Å². The second-order valence-corrected chi connectivity index (χ2v) is 15.7. The van der Waals surface area contributed by atoms with E-state index in [0.29, 0.717) is 0 Å². The first kappa shape index (κ1) is 21.2. The van der Waals surface area contributed by atoms with Crippen molar-refractivity contribution in [2.75, 3.05) is 11.6 Å². The molecule has 0 N–H and O–H groups in total. The van der Waals surface area contributed by atoms with Crippen molar-refractivity contribution >= 4 is 45.9 Å². The third kappa shape index (κ3) is 5.55. The highest BCUT2D eigenvalue weighted by atomic mass is 31.1. The normalized spacial score (nSPS) is 11.3. The Bertz CT molecular complexity index is 844. The van der Waals surface area contributed by atoms with Crippen molar-refractivity contribution in [3.8, 4) is 0 Å². The van der Waals surface area contributed by atoms with E-state index in [1.54, 1.807) is 0 Å². The zero-order valence-electron chi connectivity index (χ0n) is 17.4. The molecule has 0 atom stereocenters. The zero-order valence-corrected chi connectivity index (χ0v) is 20.1. The number of hydrogen-bond donors (Lipinski definition) is 0. The maximum Gasteiger partial charge on any atom is 0.0550 e. The van der Waals surface area contributed by atoms with Gasteiger partial charge < -0.3 is 0 Å². The molecule has 30 heavy (non-hydrogen) atoms. The van der Waals surface area contributed by atoms with Gasteiger partial charge in [0.25, 0.3) is 0 Å². The summed E-state index contributed by atoms with van der Waals surface area (Å²) in [6.45, 7) is 2.55. The molecule has 0 saturated heterocycles. The van der Waals surface area contributed by atoms with Gasteiger partial charge in [-0.3, -0.25) is 0 Å². The molecule has 4 aromatic carbocycles. The Hall–Kier alpha value is -2.04. The average Bonchev–Trinajstić information content (AvgIpc) is 2.83. The van der Waals surface area contributed by atoms with Gasteiger partial charge in [0, 0.05) is 0 Å². The highest BCUT2D eigenvalue weighted by Gasteiger charge is 2.22. The van der Waals surface area contributed by atoms with Gasteiger partial charge in [-0.05, 0) is 48.6 Å². The largest absolute Gasteiger partial charge is 0.0705 e. The van der Waals surface area contributed by atoms with Crippen molar-refractivity contribution in [3.63, 3.8) is 0 Å². The standard InChI is InChI=1S/C27H27P2Si/c1-30(22-28(24-14-6-2-7-15-24)25-16-8-3-9-17-25)23-29(26-18-10-4-11-19-26)27-20-12-5-13-21-27/h2-21H,22-23H2,1H3. The van der Waals surface area contributed by atoms with Crippen LogP contribution in [0.15, 0.2) is 121 Å². The minimum atomic E-state index is -0.518. The molecule has 4 aromatic rings. The van der Waals surface area contributed by atoms with Gasteiger partial charge in [0.2, 0.25) is 0 Å². The van der Waals surface area contributed by atoms with E-state index >= 15 is 0 Å². The van der Waals surface area contributed by atoms with Crippen LogP contribution in [0.2, 0.25) is 6.55 Å². The Morgan fingerprint density at radius 2 is 0.667 bits per heavy atom. The van der Waals surface area contributed by atoms with E-state index in [1.807, 2.05) is 0 Å². The molecular weight excluding hydrogens is 414 g/mol. The van der Waals surface area contributed by atoms with Gasteiger partial charge in [-0.2, -0.15) is 0 Å². The van der Waals surface area contributed by atoms with Gasteiger partial charge in [0.15, 0.2) is 0 Å². The first-order valence-corrected chi connectivity index (χ1v) is 15.8. The molecule has 0 amide bonds. The number of rotatable bonds is 8. The summed E-state index contributed by atoms with van der Waals surface area (Å²) < 4.78 is 0. The Labute approximate surface area is 185 Å². The number of benzene rings is 4. The lowest BCUT2D eigenvalue weighted by Crippen LogP contribution is -2.28. The molecule has 3 heteroatoms. The van der Waals surface area contributed by atoms with Gasteiger partial charge in [-0.1, -0.05) is 128 Å². The van der Waals surface area contributed by atoms with E-state index < -0.39 is 8.80 Å². The molecule has 0 heterocycles. The summed E-state index contributed by atoms with van der Waals surface area (Å²) in [4.78, 5) is 0. The first-order valence-electron chi connectivity index (χ1n) is 10.4. The predicted molar refractivity (Wildman–Crippen MR) is 139 cm³/mol. The summed E-state index contributed by atoms with van der Waals surface area (Å²) in [5, 5.41) is 6.03. The maximum absolute atomic E-state index is 2.55. The zero-order chi connectivity index (χ0) is 20.6. The Balaban J connectivity index is 1.59. The lowest BCUT2D eigenvalue weighted by atomic mass is 10.4. The monoisotopic (exact) mass is 441 g/mol. The fraction of sp³-hybridized carbons (Fsp3) is 0.111. The summed E-state index contributed by atoms with van der Waals surface area (Å²) in [6, 6.07) is 44.6. The van der Waals surface area contributed by atoms with Gasteiger partial charge in [0.1, 0.15) is 0 Å². The van der Waals surface area contributed by atoms with Gasteiger partial charge in [-0.15, -0.1) is 0 Å². The molecule has 0 saturated carbocycles. The van der Waals surface area contributed by atoms with E-state index in [-0.39, 0.29) is 15.8 Å². The third-order valence-corrected chi connectivity index (χ3v) is 15.7. The quantitative estimate of drug-likeness (QED) is 0.252. The molecular formula is C27H27P2Si. The van der Waals surface area contributed by atoms with E-state index in [0.717, 1.165) is 0 Å². The van der Waals surface area contributed by atoms with Crippen molar-refractivity contribution in [1.29, 1.82) is 0 Å². The first-order chi connectivity index (χ1) is 14.8. The van der Waals surface area contributed by atoms with Gasteiger partial charge in [-0.25, -0.2) is 0 Å². The Kier molecular flexibility index (Phi) is 7.65. The molecule has 1 radical (unpaired) electrons. The highest BCUT2D eigenvalue weighted by Crippen LogP contribution is 2.38. The SMILES string of the molecule is C[Si](CP(c1ccccc1)c1ccccc1)CP(c1ccccc1)c1ccccc1. The molecule has 0 aliphatic carbocycles. The van der Waals surface area contributed by atoms with Crippen LogP contribution in [-0.2, 0) is 0 Å². The van der Waals surface area contributed by atoms with E-state index in [9.17, 15) is 0 Å². The average molecular weight is 442 g/mol. The van der Waals surface area contributed by atoms with Crippen LogP contribution in [0.5, 0.6) is 0 Å². The molecule has 0 aliphatic heterocycles. The second kappa shape index (κ2) is 10.8. The smallest absolute Gasteiger partial charge is 0.0550 e. The lowest BCUT2D eigenvalue weighted by Gasteiger charge is -2.26. The van der Waals surface area contributed by atoms with Gasteiger partial charge in [0.05, 0.1) is 8.80 Å². The van der Waals surface area contributed by atoms with Crippen LogP contribution in [0, 0.1) is 0 Å². The van der Waals surface area contributed by atoms with Crippen LogP contribution in [-0.4, -0.2) is 20.4 Å². The van der Waals surface area contributed by atoms with Crippen LogP contribution in [0.4, 0.5) is 0 Å². The molecule has 0 spiro atoms. The fourth-order valence-corrected chi connectivity index (χ4v) is 14.9. The van der Waals surface area contributed by atoms with Crippen molar-refractivity contribution < 1.29 is 0 Å². The molecule has 0 nitrogen and oxygen atoms in total. The Morgan fingerprint density at radius 1 is 0.433 bits per heavy atom. The minimum Gasteiger partial charge on any atom is -0.0705 e. The van der Waals surface area contributed by atoms with Crippen molar-refractivity contribution in [2.45, 2.75) is 6.55 Å². The van der Waals surface area contributed by atoms with Crippen molar-refractivity contribution in [1.82, 2.24) is 0 Å². The molecule has 4 rings (SSSR count). The summed E-state index contributed by atoms with van der Waals surface area (Å²) >= 11 is 0. The predicted octanol–water partition coefficient (Wildman–Crippen LogP) is 5.46. The van der Waals surface area contributed by atoms with Crippen LogP contribution in [0.25, 0.3) is 0 Å². The molecule has 0 aliphatic rings. The third-order valence-electron chi connectivity index (χ3n) is 5.13. The van der Waals surface area contributed by atoms with Crippen molar-refractivity contribution in [2.24, 2.45) is 0 Å². The van der Waals surface area contributed by atoms with Crippen LogP contribution in [0.1, 0.15) is 0 Å². The maximum atomic E-state index is 2.55. The topological polar surface area (TPSA) is 0 Å². The van der Waals surface area contributed by atoms with E-state index in [1.165, 1.54) is 32.8 Å². The van der Waals surface area contributed by atoms with Gasteiger partial charge >= 0.3 is 0 Å². The van der Waals surface area contributed by atoms with E-state index in [2.05, 4.69) is 128 Å². The highest BCUT2D eigenvalue weighted by molar-refractivity contribution is 7.77. The lowest BCUT2D eigenvalue weighted by molar-refractivity contribution is 1.71. The molecule has 0 bridgehead atoms. The van der Waals surface area contributed by atoms with Crippen LogP contribution < -0.4 is 21.2 Å².